The van der Waals surface area contributed by atoms with Crippen molar-refractivity contribution in [2.24, 2.45) is 0 Å². The Hall–Kier alpha value is -2.09. The predicted octanol–water partition coefficient (Wildman–Crippen LogP) is 1.62. The zero-order valence-electron chi connectivity index (χ0n) is 15.0. The third kappa shape index (κ3) is 4.97. The first-order valence-electron chi connectivity index (χ1n) is 8.66. The van der Waals surface area contributed by atoms with Gasteiger partial charge in [0, 0.05) is 6.07 Å². The summed E-state index contributed by atoms with van der Waals surface area (Å²) < 4.78 is 10.5. The summed E-state index contributed by atoms with van der Waals surface area (Å²) in [6.07, 6.45) is 0.542. The lowest BCUT2D eigenvalue weighted by molar-refractivity contribution is -0.0613. The summed E-state index contributed by atoms with van der Waals surface area (Å²) in [5, 5.41) is 40.2. The zero-order chi connectivity index (χ0) is 19.3. The number of phenols is 1. The number of cyclic esters (lactones) is 1. The SMILES string of the molecule is COc1cc(O)c2c(c1)/C=C/C[C@@H](O)[C@H](O)[C@H](O)CCC[C@H](C)OC2=O. The second-order valence-corrected chi connectivity index (χ2v) is 6.52. The summed E-state index contributed by atoms with van der Waals surface area (Å²) in [4.78, 5) is 12.5. The van der Waals surface area contributed by atoms with Gasteiger partial charge in [0.15, 0.2) is 0 Å². The van der Waals surface area contributed by atoms with Crippen molar-refractivity contribution in [3.05, 3.63) is 29.3 Å². The first kappa shape index (κ1) is 20.2. The number of fused-ring (bicyclic) bond motifs is 1. The van der Waals surface area contributed by atoms with Gasteiger partial charge in [-0.05, 0) is 44.2 Å². The number of aliphatic hydroxyl groups excluding tert-OH is 3. The van der Waals surface area contributed by atoms with Gasteiger partial charge in [-0.25, -0.2) is 4.79 Å². The molecule has 0 aliphatic carbocycles. The average Bonchev–Trinajstić information content (AvgIpc) is 2.59. The number of rotatable bonds is 1. The summed E-state index contributed by atoms with van der Waals surface area (Å²) in [5.41, 5.74) is 0.388. The molecule has 26 heavy (non-hydrogen) atoms. The summed E-state index contributed by atoms with van der Waals surface area (Å²) in [5.74, 6) is -0.552. The van der Waals surface area contributed by atoms with Gasteiger partial charge in [-0.3, -0.25) is 0 Å². The highest BCUT2D eigenvalue weighted by Crippen LogP contribution is 2.30. The number of hydrogen-bond acceptors (Lipinski definition) is 7. The number of ether oxygens (including phenoxy) is 2. The van der Waals surface area contributed by atoms with Crippen molar-refractivity contribution in [1.82, 2.24) is 0 Å². The molecular formula is C19H26O7. The van der Waals surface area contributed by atoms with E-state index < -0.39 is 30.4 Å². The fraction of sp³-hybridized carbons (Fsp3) is 0.526. The highest BCUT2D eigenvalue weighted by atomic mass is 16.5. The number of phenolic OH excluding ortho intramolecular Hbond substituents is 1. The summed E-state index contributed by atoms with van der Waals surface area (Å²) in [7, 11) is 1.44. The van der Waals surface area contributed by atoms with Crippen molar-refractivity contribution in [3.8, 4) is 11.5 Å². The third-order valence-corrected chi connectivity index (χ3v) is 4.44. The van der Waals surface area contributed by atoms with Crippen molar-refractivity contribution < 1.29 is 34.7 Å². The van der Waals surface area contributed by atoms with Gasteiger partial charge in [0.1, 0.15) is 23.2 Å². The lowest BCUT2D eigenvalue weighted by atomic mass is 9.98. The molecule has 1 heterocycles. The molecule has 1 aliphatic rings. The van der Waals surface area contributed by atoms with Crippen LogP contribution in [-0.4, -0.2) is 57.9 Å². The second-order valence-electron chi connectivity index (χ2n) is 6.52. The second kappa shape index (κ2) is 9.02. The summed E-state index contributed by atoms with van der Waals surface area (Å²) >= 11 is 0. The maximum absolute atomic E-state index is 12.5. The molecule has 0 radical (unpaired) electrons. The Kier molecular flexibility index (Phi) is 7.02. The fourth-order valence-corrected chi connectivity index (χ4v) is 2.91. The topological polar surface area (TPSA) is 116 Å². The largest absolute Gasteiger partial charge is 0.507 e. The monoisotopic (exact) mass is 366 g/mol. The molecule has 7 heteroatoms. The molecule has 4 atom stereocenters. The van der Waals surface area contributed by atoms with Crippen LogP contribution in [0.25, 0.3) is 6.08 Å². The smallest absolute Gasteiger partial charge is 0.342 e. The molecule has 0 saturated heterocycles. The number of aromatic hydroxyl groups is 1. The molecule has 0 fully saturated rings. The fourth-order valence-electron chi connectivity index (χ4n) is 2.91. The Labute approximate surface area is 152 Å². The molecule has 0 spiro atoms. The zero-order valence-corrected chi connectivity index (χ0v) is 15.0. The van der Waals surface area contributed by atoms with E-state index in [4.69, 9.17) is 9.47 Å². The van der Waals surface area contributed by atoms with E-state index in [1.807, 2.05) is 0 Å². The van der Waals surface area contributed by atoms with E-state index in [1.165, 1.54) is 19.3 Å². The molecular weight excluding hydrogens is 340 g/mol. The number of hydrogen-bond donors (Lipinski definition) is 4. The van der Waals surface area contributed by atoms with E-state index >= 15 is 0 Å². The van der Waals surface area contributed by atoms with Crippen molar-refractivity contribution in [2.45, 2.75) is 57.0 Å². The van der Waals surface area contributed by atoms with Gasteiger partial charge in [0.05, 0.1) is 25.4 Å². The minimum Gasteiger partial charge on any atom is -0.507 e. The molecule has 2 rings (SSSR count). The van der Waals surface area contributed by atoms with Crippen LogP contribution < -0.4 is 4.74 Å². The van der Waals surface area contributed by atoms with E-state index in [0.29, 0.717) is 24.2 Å². The van der Waals surface area contributed by atoms with Gasteiger partial charge in [0.2, 0.25) is 0 Å². The van der Waals surface area contributed by atoms with Crippen LogP contribution in [0.1, 0.15) is 48.5 Å². The summed E-state index contributed by atoms with van der Waals surface area (Å²) in [6, 6.07) is 2.90. The van der Waals surface area contributed by atoms with Crippen LogP contribution in [0.15, 0.2) is 18.2 Å². The lowest BCUT2D eigenvalue weighted by Gasteiger charge is -2.23. The van der Waals surface area contributed by atoms with E-state index in [-0.39, 0.29) is 24.2 Å². The average molecular weight is 366 g/mol. The Morgan fingerprint density at radius 1 is 1.15 bits per heavy atom. The van der Waals surface area contributed by atoms with Crippen molar-refractivity contribution >= 4 is 12.0 Å². The van der Waals surface area contributed by atoms with Gasteiger partial charge in [0.25, 0.3) is 0 Å². The molecule has 0 amide bonds. The Bertz CT molecular complexity index is 656. The van der Waals surface area contributed by atoms with Crippen molar-refractivity contribution in [3.63, 3.8) is 0 Å². The first-order valence-corrected chi connectivity index (χ1v) is 8.66. The van der Waals surface area contributed by atoms with Gasteiger partial charge in [-0.2, -0.15) is 0 Å². The summed E-state index contributed by atoms with van der Waals surface area (Å²) in [6.45, 7) is 1.72. The number of methoxy groups -OCH3 is 1. The predicted molar refractivity (Wildman–Crippen MR) is 95.1 cm³/mol. The molecule has 0 unspecified atom stereocenters. The highest BCUT2D eigenvalue weighted by Gasteiger charge is 2.25. The molecule has 0 saturated carbocycles. The van der Waals surface area contributed by atoms with Gasteiger partial charge >= 0.3 is 5.97 Å². The van der Waals surface area contributed by atoms with Crippen LogP contribution in [0.2, 0.25) is 0 Å². The lowest BCUT2D eigenvalue weighted by Crippen LogP contribution is -2.37. The highest BCUT2D eigenvalue weighted by molar-refractivity contribution is 5.97. The van der Waals surface area contributed by atoms with Gasteiger partial charge in [-0.15, -0.1) is 0 Å². The number of carbonyl (C=O) groups is 1. The van der Waals surface area contributed by atoms with Crippen LogP contribution in [0.3, 0.4) is 0 Å². The van der Waals surface area contributed by atoms with Crippen LogP contribution >= 0.6 is 0 Å². The van der Waals surface area contributed by atoms with Gasteiger partial charge in [-0.1, -0.05) is 12.2 Å². The normalized spacial score (nSPS) is 29.2. The maximum atomic E-state index is 12.5. The van der Waals surface area contributed by atoms with Crippen LogP contribution in [0.4, 0.5) is 0 Å². The third-order valence-electron chi connectivity index (χ3n) is 4.44. The number of benzene rings is 1. The first-order chi connectivity index (χ1) is 12.3. The minimum absolute atomic E-state index is 0.0148. The van der Waals surface area contributed by atoms with E-state index in [2.05, 4.69) is 0 Å². The van der Waals surface area contributed by atoms with E-state index in [9.17, 15) is 25.2 Å². The standard InChI is InChI=1S/C19H26O7/c1-11-5-3-7-14(20)18(23)15(21)8-4-6-12-9-13(25-2)10-16(22)17(12)19(24)26-11/h4,6,9-11,14-15,18,20-23H,3,5,7-8H2,1-2H3/b6-4+/t11-,14+,15+,18+/m0/s1. The molecule has 0 bridgehead atoms. The molecule has 4 N–H and O–H groups in total. The Balaban J connectivity index is 2.40. The van der Waals surface area contributed by atoms with Crippen LogP contribution in [-0.2, 0) is 4.74 Å². The minimum atomic E-state index is -1.27. The maximum Gasteiger partial charge on any atom is 0.342 e. The van der Waals surface area contributed by atoms with E-state index in [0.717, 1.165) is 0 Å². The number of esters is 1. The Morgan fingerprint density at radius 3 is 2.58 bits per heavy atom. The molecule has 144 valence electrons. The molecule has 7 nitrogen and oxygen atoms in total. The van der Waals surface area contributed by atoms with Crippen LogP contribution in [0, 0.1) is 0 Å². The number of aliphatic hydroxyl groups is 3. The Morgan fingerprint density at radius 2 is 1.88 bits per heavy atom. The van der Waals surface area contributed by atoms with Crippen molar-refractivity contribution in [2.75, 3.05) is 7.11 Å². The molecule has 1 aromatic carbocycles. The van der Waals surface area contributed by atoms with Crippen molar-refractivity contribution in [1.29, 1.82) is 0 Å². The number of carbonyl (C=O) groups excluding carboxylic acids is 1. The van der Waals surface area contributed by atoms with Gasteiger partial charge < -0.3 is 29.9 Å². The van der Waals surface area contributed by atoms with E-state index in [1.54, 1.807) is 19.1 Å². The quantitative estimate of drug-likeness (QED) is 0.558. The molecule has 1 aromatic rings. The van der Waals surface area contributed by atoms with Crippen LogP contribution in [0.5, 0.6) is 11.5 Å². The molecule has 1 aliphatic heterocycles. The molecule has 0 aromatic heterocycles.